The Morgan fingerprint density at radius 3 is 2.65 bits per heavy atom. The van der Waals surface area contributed by atoms with Crippen LogP contribution in [0.5, 0.6) is 0 Å². The first kappa shape index (κ1) is 23.6. The predicted octanol–water partition coefficient (Wildman–Crippen LogP) is 2.33. The zero-order valence-corrected chi connectivity index (χ0v) is 20.1. The van der Waals surface area contributed by atoms with Gasteiger partial charge in [0.15, 0.2) is 11.5 Å². The summed E-state index contributed by atoms with van der Waals surface area (Å²) < 4.78 is 6.61. The average molecular weight is 467 g/mol. The molecule has 0 aromatic heterocycles. The average Bonchev–Trinajstić information content (AvgIpc) is 3.60. The number of methoxy groups -OCH3 is 1. The molecule has 0 bridgehead atoms. The Hall–Kier alpha value is -3.56. The number of benzene rings is 1. The highest BCUT2D eigenvalue weighted by Crippen LogP contribution is 2.43. The third-order valence-corrected chi connectivity index (χ3v) is 6.30. The molecular weight excluding hydrogens is 436 g/mol. The van der Waals surface area contributed by atoms with Gasteiger partial charge >= 0.3 is 11.7 Å². The van der Waals surface area contributed by atoms with Crippen LogP contribution in [0.15, 0.2) is 26.7 Å². The fourth-order valence-electron chi connectivity index (χ4n) is 4.42. The number of carbonyl (C=O) groups is 1. The number of fused-ring (bicyclic) bond motifs is 2. The van der Waals surface area contributed by atoms with E-state index in [9.17, 15) is 14.4 Å². The van der Waals surface area contributed by atoms with E-state index in [1.54, 1.807) is 0 Å². The van der Waals surface area contributed by atoms with Gasteiger partial charge < -0.3 is 14.2 Å². The molecule has 0 radical (unpaired) electrons. The Bertz CT molecular complexity index is 1340. The number of hydrogen-bond acceptors (Lipinski definition) is 8. The van der Waals surface area contributed by atoms with Crippen molar-refractivity contribution in [3.8, 4) is 11.5 Å². The number of aromatic nitrogens is 4. The number of hydrogen-bond donors (Lipinski definition) is 1. The fourth-order valence-corrected chi connectivity index (χ4v) is 4.42. The first-order valence-electron chi connectivity index (χ1n) is 11.5. The number of nitrogens with zero attached hydrogens (tertiary/aromatic N) is 5. The third-order valence-electron chi connectivity index (χ3n) is 6.30. The minimum atomic E-state index is -0.684. The summed E-state index contributed by atoms with van der Waals surface area (Å²) in [6, 6.07) is 4.09. The zero-order valence-electron chi connectivity index (χ0n) is 20.1. The minimum Gasteiger partial charge on any atom is -0.469 e. The van der Waals surface area contributed by atoms with Crippen molar-refractivity contribution < 1.29 is 9.53 Å². The van der Waals surface area contributed by atoms with Gasteiger partial charge in [0.1, 0.15) is 0 Å². The molecule has 1 atom stereocenters. The van der Waals surface area contributed by atoms with Gasteiger partial charge in [0.2, 0.25) is 0 Å². The lowest BCUT2D eigenvalue weighted by Gasteiger charge is -2.22. The number of esters is 1. The molecule has 1 N–H and O–H groups in total. The Labute approximate surface area is 197 Å². The van der Waals surface area contributed by atoms with E-state index in [1.807, 2.05) is 31.8 Å². The molecule has 0 saturated heterocycles. The topological polar surface area (TPSA) is 123 Å². The molecule has 0 spiro atoms. The number of carbonyl (C=O) groups excluding carboxylic acids is 1. The van der Waals surface area contributed by atoms with Crippen LogP contribution < -0.4 is 16.1 Å². The molecule has 1 aromatic carbocycles. The number of aromatic amines is 1. The maximum atomic E-state index is 12.6. The maximum absolute atomic E-state index is 12.6. The predicted molar refractivity (Wildman–Crippen MR) is 131 cm³/mol. The van der Waals surface area contributed by atoms with Gasteiger partial charge in [-0.2, -0.15) is 4.98 Å². The summed E-state index contributed by atoms with van der Waals surface area (Å²) in [6.45, 7) is 0.570. The van der Waals surface area contributed by atoms with Gasteiger partial charge in [-0.15, -0.1) is 0 Å². The molecule has 1 aromatic rings. The highest BCUT2D eigenvalue weighted by molar-refractivity contribution is 6.07. The number of H-pyrrole nitrogens is 1. The van der Waals surface area contributed by atoms with E-state index in [0.717, 1.165) is 54.6 Å². The van der Waals surface area contributed by atoms with Crippen LogP contribution >= 0.6 is 0 Å². The summed E-state index contributed by atoms with van der Waals surface area (Å²) >= 11 is 0. The molecule has 180 valence electrons. The molecule has 0 amide bonds. The molecule has 10 nitrogen and oxygen atoms in total. The molecule has 2 heterocycles. The van der Waals surface area contributed by atoms with Crippen molar-refractivity contribution in [1.29, 1.82) is 0 Å². The van der Waals surface area contributed by atoms with E-state index >= 15 is 0 Å². The first-order valence-corrected chi connectivity index (χ1v) is 11.5. The van der Waals surface area contributed by atoms with Gasteiger partial charge in [0.05, 0.1) is 18.1 Å². The van der Waals surface area contributed by atoms with Crippen molar-refractivity contribution in [2.24, 2.45) is 4.99 Å². The molecule has 1 unspecified atom stereocenters. The van der Waals surface area contributed by atoms with E-state index in [1.165, 1.54) is 7.11 Å². The smallest absolute Gasteiger partial charge is 0.349 e. The molecule has 2 aliphatic heterocycles. The molecule has 34 heavy (non-hydrogen) atoms. The Balaban J connectivity index is 1.74. The minimum absolute atomic E-state index is 0.154. The second-order valence-electron chi connectivity index (χ2n) is 8.81. The number of ether oxygens (including phenoxy) is 1. The van der Waals surface area contributed by atoms with Crippen LogP contribution in [0.2, 0.25) is 0 Å². The summed E-state index contributed by atoms with van der Waals surface area (Å²) in [5, 5.41) is 0. The zero-order chi connectivity index (χ0) is 24.4. The molecule has 4 rings (SSSR count). The molecular formula is C24H30N6O4. The molecule has 1 saturated carbocycles. The molecule has 1 aliphatic carbocycles. The van der Waals surface area contributed by atoms with Gasteiger partial charge in [-0.25, -0.2) is 9.78 Å². The SMILES string of the molecule is CN=C1CC1c1cc2nc3c(=O)[nH]c(=O)nc-3n(CCCCCCC(=O)OC)c2cc1N(C)C. The molecule has 3 aliphatic rings. The quantitative estimate of drug-likeness (QED) is 0.292. The van der Waals surface area contributed by atoms with Crippen LogP contribution in [0.25, 0.3) is 22.6 Å². The van der Waals surface area contributed by atoms with E-state index in [2.05, 4.69) is 35.6 Å². The summed E-state index contributed by atoms with van der Waals surface area (Å²) in [4.78, 5) is 53.3. The third kappa shape index (κ3) is 4.71. The van der Waals surface area contributed by atoms with Crippen molar-refractivity contribution in [2.45, 2.75) is 51.0 Å². The van der Waals surface area contributed by atoms with Crippen molar-refractivity contribution in [3.05, 3.63) is 38.5 Å². The second kappa shape index (κ2) is 9.74. The second-order valence-corrected chi connectivity index (χ2v) is 8.81. The number of unbranched alkanes of at least 4 members (excludes halogenated alkanes) is 3. The maximum Gasteiger partial charge on any atom is 0.349 e. The lowest BCUT2D eigenvalue weighted by molar-refractivity contribution is -0.140. The van der Waals surface area contributed by atoms with Crippen molar-refractivity contribution in [3.63, 3.8) is 0 Å². The van der Waals surface area contributed by atoms with Gasteiger partial charge in [-0.3, -0.25) is 19.6 Å². The van der Waals surface area contributed by atoms with E-state index in [4.69, 9.17) is 0 Å². The summed E-state index contributed by atoms with van der Waals surface area (Å²) in [6.07, 6.45) is 4.65. The van der Waals surface area contributed by atoms with Gasteiger partial charge in [-0.05, 0) is 37.0 Å². The Morgan fingerprint density at radius 2 is 1.97 bits per heavy atom. The van der Waals surface area contributed by atoms with Gasteiger partial charge in [0.25, 0.3) is 5.56 Å². The van der Waals surface area contributed by atoms with Gasteiger partial charge in [0, 0.05) is 51.4 Å². The number of rotatable bonds is 9. The van der Waals surface area contributed by atoms with Crippen LogP contribution in [-0.4, -0.2) is 59.5 Å². The highest BCUT2D eigenvalue weighted by atomic mass is 16.5. The van der Waals surface area contributed by atoms with Crippen molar-refractivity contribution in [1.82, 2.24) is 19.5 Å². The van der Waals surface area contributed by atoms with Gasteiger partial charge in [-0.1, -0.05) is 12.8 Å². The molecule has 1 fully saturated rings. The van der Waals surface area contributed by atoms with E-state index in [0.29, 0.717) is 18.5 Å². The number of nitrogens with one attached hydrogen (secondary N) is 1. The Kier molecular flexibility index (Phi) is 6.76. The monoisotopic (exact) mass is 466 g/mol. The summed E-state index contributed by atoms with van der Waals surface area (Å²) in [5.74, 6) is 0.342. The van der Waals surface area contributed by atoms with E-state index in [-0.39, 0.29) is 23.4 Å². The number of aliphatic imine (C=N–C) groups is 1. The van der Waals surface area contributed by atoms with E-state index < -0.39 is 11.2 Å². The normalized spacial score (nSPS) is 16.4. The van der Waals surface area contributed by atoms with Crippen LogP contribution in [0.1, 0.15) is 50.0 Å². The van der Waals surface area contributed by atoms with Crippen molar-refractivity contribution >= 4 is 28.4 Å². The Morgan fingerprint density at radius 1 is 1.21 bits per heavy atom. The number of aryl methyl sites for hydroxylation is 1. The van der Waals surface area contributed by atoms with Crippen LogP contribution in [0.3, 0.4) is 0 Å². The van der Waals surface area contributed by atoms with Crippen LogP contribution in [0, 0.1) is 0 Å². The van der Waals surface area contributed by atoms with Crippen LogP contribution in [-0.2, 0) is 16.1 Å². The largest absolute Gasteiger partial charge is 0.469 e. The standard InChI is InChI=1S/C24H30N6O4/c1-25-16-11-14(16)15-12-17-19(13-18(15)29(2)3)30(10-8-6-5-7-9-20(31)34-4)22-21(26-17)23(32)28-24(33)27-22/h12-14H,5-11H2,1-4H3,(H,28,32,33). The van der Waals surface area contributed by atoms with Crippen LogP contribution in [0.4, 0.5) is 5.69 Å². The summed E-state index contributed by atoms with van der Waals surface area (Å²) in [7, 11) is 7.19. The fraction of sp³-hybridized carbons (Fsp3) is 0.500. The highest BCUT2D eigenvalue weighted by Gasteiger charge is 2.35. The summed E-state index contributed by atoms with van der Waals surface area (Å²) in [5.41, 5.74) is 3.77. The molecule has 10 heteroatoms. The lowest BCUT2D eigenvalue weighted by atomic mass is 10.0. The van der Waals surface area contributed by atoms with Crippen molar-refractivity contribution in [2.75, 3.05) is 33.2 Å². The lowest BCUT2D eigenvalue weighted by Crippen LogP contribution is -2.29. The number of anilines is 1. The first-order chi connectivity index (χ1) is 16.3.